The number of allylic oxidation sites excluding steroid dienone is 4. The predicted octanol–water partition coefficient (Wildman–Crippen LogP) is 3.36. The zero-order valence-electron chi connectivity index (χ0n) is 64.6. The van der Waals surface area contributed by atoms with Crippen LogP contribution in [0.5, 0.6) is 0 Å². The minimum absolute atomic E-state index is 0.00828. The van der Waals surface area contributed by atoms with E-state index in [9.17, 15) is 86.7 Å². The molecule has 0 radical (unpaired) electrons. The van der Waals surface area contributed by atoms with E-state index in [-0.39, 0.29) is 145 Å². The summed E-state index contributed by atoms with van der Waals surface area (Å²) < 4.78 is 75.2. The molecule has 3 aliphatic rings. The van der Waals surface area contributed by atoms with Crippen molar-refractivity contribution in [1.82, 2.24) is 41.0 Å². The second kappa shape index (κ2) is 48.1. The van der Waals surface area contributed by atoms with Gasteiger partial charge in [-0.3, -0.25) is 52.4 Å². The number of nitrogens with zero attached hydrogens (tertiary/aromatic N) is 4. The van der Waals surface area contributed by atoms with Gasteiger partial charge in [0.2, 0.25) is 29.5 Å². The Bertz CT molecular complexity index is 4320. The number of aliphatic carboxylic acids is 3. The Morgan fingerprint density at radius 1 is 0.767 bits per heavy atom. The van der Waals surface area contributed by atoms with Gasteiger partial charge in [-0.25, -0.2) is 23.3 Å². The van der Waals surface area contributed by atoms with Gasteiger partial charge in [0.05, 0.1) is 96.2 Å². The number of phosphoric acid groups is 3. The number of ether oxygens (including phenoxy) is 5. The first-order valence-corrected chi connectivity index (χ1v) is 44.0. The van der Waals surface area contributed by atoms with E-state index < -0.39 is 127 Å². The summed E-state index contributed by atoms with van der Waals surface area (Å²) in [6, 6.07) is 7.30. The van der Waals surface area contributed by atoms with Crippen LogP contribution in [0.4, 0.5) is 5.82 Å². The van der Waals surface area contributed by atoms with Crippen molar-refractivity contribution >= 4 is 110 Å². The van der Waals surface area contributed by atoms with Gasteiger partial charge in [-0.1, -0.05) is 88.8 Å². The van der Waals surface area contributed by atoms with Gasteiger partial charge in [-0.15, -0.1) is 0 Å². The van der Waals surface area contributed by atoms with E-state index in [1.807, 2.05) is 30.4 Å². The summed E-state index contributed by atoms with van der Waals surface area (Å²) in [6.45, 7) is 9.83. The number of aryl methyl sites for hydroxylation is 2. The Morgan fingerprint density at radius 2 is 1.41 bits per heavy atom. The fourth-order valence-corrected chi connectivity index (χ4v) is 17.5. The molecule has 6 amide bonds. The molecular formula is C72H101N10O29P3S2. The van der Waals surface area contributed by atoms with Crippen LogP contribution in [0.3, 0.4) is 0 Å². The van der Waals surface area contributed by atoms with E-state index >= 15 is 0 Å². The van der Waals surface area contributed by atoms with Crippen LogP contribution in [0, 0.1) is 24.7 Å². The van der Waals surface area contributed by atoms with E-state index in [0.717, 1.165) is 46.9 Å². The van der Waals surface area contributed by atoms with Gasteiger partial charge in [0.15, 0.2) is 0 Å². The Labute approximate surface area is 676 Å². The number of nitrogens with one attached hydrogen (secondary N) is 5. The molecule has 15 N–H and O–H groups in total. The quantitative estimate of drug-likeness (QED) is 0.0167. The summed E-state index contributed by atoms with van der Waals surface area (Å²) in [6.07, 6.45) is 2.36. The van der Waals surface area contributed by atoms with E-state index in [4.69, 9.17) is 49.3 Å². The standard InChI is InChI=1S/C72H101N10O29P3S2/c1-6-13-46-36-48-37-49-38-55(74-7-2)45(4)35-53(49)66(52(48)34-44(46)3)50-15-8-9-16-51(50)70(93)81(5)23-11-18-60(84)76-22-25-105-27-29-107-31-30-106-28-26-104-24-19-62(86)77-54(68(91)78-56(39-64(87)88)69(92)79-57(71(94)95)40-65(89)90)17-12-32-115-116-33-20-61(85)75-21-10-14-47-42-82(72(96)80-67(47)73)63-41-58(83)59(109-63)43-108-113(100,101)111-114(102,103)110-112(97,98)99/h8-9,15-16,34-36,38,42,53-54,56-59,63,66,83H,6-7,11-13,17-33,37,39-41,43H2,1-5H3,(H,75,85)(H,76,84)(H,77,86)(H,78,91)(H,79,92)(H,87,88)(H,89,90)(H,94,95)(H,100,101)(H,102,103)(H2,73,80,96)(H2,97,98,99)/t53?,54?,56?,57?,58-,59-,63-,66?/m1/s1. The summed E-state index contributed by atoms with van der Waals surface area (Å²) in [5, 5.41) is 50.8. The molecule has 2 aliphatic carbocycles. The van der Waals surface area contributed by atoms with Crippen LogP contribution in [0.15, 0.2) is 75.7 Å². The number of phosphoric ester groups is 1. The van der Waals surface area contributed by atoms with Crippen LogP contribution in [0.1, 0.15) is 141 Å². The molecule has 1 aliphatic heterocycles. The minimum atomic E-state index is -5.84. The zero-order valence-corrected chi connectivity index (χ0v) is 68.9. The summed E-state index contributed by atoms with van der Waals surface area (Å²) in [4.78, 5) is 174. The predicted molar refractivity (Wildman–Crippen MR) is 421 cm³/mol. The maximum absolute atomic E-state index is 14.3. The highest BCUT2D eigenvalue weighted by Crippen LogP contribution is 2.66. The molecule has 640 valence electrons. The molecule has 7 unspecified atom stereocenters. The molecule has 0 spiro atoms. The number of carboxylic acid groups (broad SMARTS) is 3. The second-order valence-corrected chi connectivity index (χ2v) is 33.9. The van der Waals surface area contributed by atoms with Gasteiger partial charge in [0.1, 0.15) is 36.3 Å². The summed E-state index contributed by atoms with van der Waals surface area (Å²) >= 11 is 0. The van der Waals surface area contributed by atoms with Crippen molar-refractivity contribution in [1.29, 1.82) is 0 Å². The average molecular weight is 1730 g/mol. The highest BCUT2D eigenvalue weighted by Gasteiger charge is 2.44. The molecule has 2 aromatic carbocycles. The molecule has 1 fully saturated rings. The lowest BCUT2D eigenvalue weighted by Gasteiger charge is -2.38. The van der Waals surface area contributed by atoms with Crippen LogP contribution in [-0.4, -0.2) is 248 Å². The molecule has 2 heterocycles. The third-order valence-electron chi connectivity index (χ3n) is 17.8. The molecule has 116 heavy (non-hydrogen) atoms. The van der Waals surface area contributed by atoms with Crippen molar-refractivity contribution < 1.29 is 134 Å². The number of aliphatic hydroxyl groups is 1. The molecular weight excluding hydrogens is 1630 g/mol. The van der Waals surface area contributed by atoms with Crippen molar-refractivity contribution in [3.8, 4) is 11.8 Å². The smallest absolute Gasteiger partial charge is 0.481 e. The van der Waals surface area contributed by atoms with Crippen LogP contribution >= 0.6 is 45.1 Å². The summed E-state index contributed by atoms with van der Waals surface area (Å²) in [7, 11) is -12.8. The number of hydrogen-bond donors (Lipinski definition) is 14. The Hall–Kier alpha value is -8.07. The number of aromatic nitrogens is 2. The SMILES string of the molecule is CCCc1cc2c(cc1C)C(c1ccccc1C(=O)N(C)CCCC(=O)NCCOCCOCCOCCOCCC(=O)NC(CCCSSCCC(=O)NCC#Cc1cn([C@H]3C[C@@H](O)[C@@H](COP(=O)(O)OP(=O)(O)OP(=O)(O)O)O3)c(=O)nc1N)C(=O)NC(CC(=O)O)C(=O)NC(CC(=O)O)C(=O)O)C1C=C(C)C(=NCC)C=C1C2. The van der Waals surface area contributed by atoms with Gasteiger partial charge in [0, 0.05) is 87.5 Å². The van der Waals surface area contributed by atoms with Gasteiger partial charge < -0.3 is 101 Å². The van der Waals surface area contributed by atoms with Crippen molar-refractivity contribution in [2.24, 2.45) is 10.9 Å². The number of amides is 6. The number of carboxylic acids is 3. The largest absolute Gasteiger partial charge is 0.490 e. The highest BCUT2D eigenvalue weighted by atomic mass is 33.1. The van der Waals surface area contributed by atoms with Crippen LogP contribution in [0.25, 0.3) is 0 Å². The number of nitrogens with two attached hydrogens (primary N) is 1. The van der Waals surface area contributed by atoms with Crippen LogP contribution in [0.2, 0.25) is 0 Å². The lowest BCUT2D eigenvalue weighted by molar-refractivity contribution is -0.148. The number of fused-ring (bicyclic) bond motifs is 2. The topological polar surface area (TPSA) is 577 Å². The minimum Gasteiger partial charge on any atom is -0.481 e. The Morgan fingerprint density at radius 3 is 2.07 bits per heavy atom. The molecule has 1 aromatic heterocycles. The van der Waals surface area contributed by atoms with E-state index in [1.54, 1.807) is 11.9 Å². The number of aliphatic hydroxyl groups excluding tert-OH is 1. The number of hydrogen-bond acceptors (Lipinski definition) is 27. The van der Waals surface area contributed by atoms with Gasteiger partial charge in [-0.05, 0) is 98.4 Å². The lowest BCUT2D eigenvalue weighted by atomic mass is 9.65. The number of anilines is 1. The lowest BCUT2D eigenvalue weighted by Crippen LogP contribution is -2.56. The maximum atomic E-state index is 14.3. The second-order valence-electron chi connectivity index (χ2n) is 26.7. The summed E-state index contributed by atoms with van der Waals surface area (Å²) in [5.41, 5.74) is 15.1. The third-order valence-corrected chi connectivity index (χ3v) is 24.1. The number of rotatable bonds is 51. The molecule has 10 atom stereocenters. The van der Waals surface area contributed by atoms with E-state index in [1.165, 1.54) is 49.4 Å². The zero-order chi connectivity index (χ0) is 85.3. The van der Waals surface area contributed by atoms with Gasteiger partial charge >= 0.3 is 47.1 Å². The molecule has 0 saturated carbocycles. The van der Waals surface area contributed by atoms with Crippen LogP contribution in [-0.2, 0) is 102 Å². The first-order valence-electron chi connectivity index (χ1n) is 37.0. The Balaban J connectivity index is 0.857. The molecule has 44 heteroatoms. The number of nitrogen functional groups attached to an aromatic ring is 1. The van der Waals surface area contributed by atoms with Gasteiger partial charge in [0.25, 0.3) is 5.91 Å². The monoisotopic (exact) mass is 1730 g/mol. The highest BCUT2D eigenvalue weighted by molar-refractivity contribution is 8.76. The number of carbonyl (C=O) groups excluding carboxylic acids is 6. The van der Waals surface area contributed by atoms with E-state index in [0.29, 0.717) is 30.8 Å². The molecule has 1 saturated heterocycles. The van der Waals surface area contributed by atoms with Crippen molar-refractivity contribution in [3.05, 3.63) is 115 Å². The maximum Gasteiger partial charge on any atom is 0.490 e. The normalized spacial score (nSPS) is 18.5. The Kier molecular flexibility index (Phi) is 40.1. The number of aliphatic imine (C=N–C) groups is 1. The van der Waals surface area contributed by atoms with Gasteiger partial charge in [-0.2, -0.15) is 13.6 Å². The van der Waals surface area contributed by atoms with E-state index in [2.05, 4.69) is 102 Å². The molecule has 6 rings (SSSR count). The molecule has 0 bridgehead atoms. The average Bonchev–Trinajstić information content (AvgIpc) is 0.834. The fraction of sp³-hybridized carbons (Fsp3) is 0.556. The summed E-state index contributed by atoms with van der Waals surface area (Å²) in [5.74, 6) is -3.12. The molecule has 3 aromatic rings. The number of benzene rings is 2. The van der Waals surface area contributed by atoms with Crippen molar-refractivity contribution in [2.45, 2.75) is 147 Å². The molecule has 39 nitrogen and oxygen atoms in total. The third kappa shape index (κ3) is 33.0. The van der Waals surface area contributed by atoms with Crippen molar-refractivity contribution in [2.75, 3.05) is 110 Å². The first kappa shape index (κ1) is 96.8. The van der Waals surface area contributed by atoms with Crippen molar-refractivity contribution in [3.63, 3.8) is 0 Å². The fourth-order valence-electron chi connectivity index (χ4n) is 12.4. The first-order chi connectivity index (χ1) is 55.0. The van der Waals surface area contributed by atoms with Crippen LogP contribution < -0.4 is 38.0 Å². The number of carbonyl (C=O) groups is 9.